The van der Waals surface area contributed by atoms with E-state index in [0.717, 1.165) is 36.8 Å². The summed E-state index contributed by atoms with van der Waals surface area (Å²) in [5, 5.41) is 12.4. The highest BCUT2D eigenvalue weighted by Gasteiger charge is 2.26. The molecule has 8 nitrogen and oxygen atoms in total. The Bertz CT molecular complexity index is 1220. The van der Waals surface area contributed by atoms with Crippen molar-refractivity contribution >= 4 is 11.9 Å². The molecule has 0 unspecified atom stereocenters. The number of methoxy groups -OCH3 is 2. The van der Waals surface area contributed by atoms with Crippen molar-refractivity contribution in [3.63, 3.8) is 0 Å². The number of carbonyl (C=O) groups excluding carboxylic acids is 1. The molecule has 0 bridgehead atoms. The number of benzene rings is 2. The Morgan fingerprint density at radius 3 is 2.36 bits per heavy atom. The monoisotopic (exact) mass is 485 g/mol. The molecule has 3 aromatic rings. The Morgan fingerprint density at radius 1 is 1.08 bits per heavy atom. The number of hydrogen-bond donors (Lipinski definition) is 1. The lowest BCUT2D eigenvalue weighted by atomic mass is 9.94. The molecule has 1 saturated carbocycles. The zero-order valence-electron chi connectivity index (χ0n) is 21.0. The van der Waals surface area contributed by atoms with Crippen molar-refractivity contribution in [2.45, 2.75) is 44.7 Å². The van der Waals surface area contributed by atoms with Gasteiger partial charge in [-0.2, -0.15) is 5.26 Å². The van der Waals surface area contributed by atoms with Gasteiger partial charge in [-0.15, -0.1) is 0 Å². The van der Waals surface area contributed by atoms with Crippen LogP contribution in [0.3, 0.4) is 0 Å². The summed E-state index contributed by atoms with van der Waals surface area (Å²) in [6, 6.07) is 15.0. The number of ether oxygens (including phenoxy) is 2. The van der Waals surface area contributed by atoms with Crippen LogP contribution in [-0.2, 0) is 6.54 Å². The Morgan fingerprint density at radius 2 is 1.75 bits per heavy atom. The Balaban J connectivity index is 1.67. The molecule has 1 heterocycles. The Hall–Kier alpha value is -4.12. The van der Waals surface area contributed by atoms with E-state index < -0.39 is 0 Å². The molecule has 1 amide bonds. The van der Waals surface area contributed by atoms with Gasteiger partial charge in [-0.1, -0.05) is 37.5 Å². The molecule has 186 valence electrons. The van der Waals surface area contributed by atoms with Gasteiger partial charge < -0.3 is 19.7 Å². The summed E-state index contributed by atoms with van der Waals surface area (Å²) >= 11 is 0. The van der Waals surface area contributed by atoms with Crippen LogP contribution in [0.15, 0.2) is 48.7 Å². The second-order valence-corrected chi connectivity index (χ2v) is 8.85. The number of nitrogens with one attached hydrogen (secondary N) is 1. The van der Waals surface area contributed by atoms with E-state index in [2.05, 4.69) is 16.4 Å². The first kappa shape index (κ1) is 25.0. The predicted molar refractivity (Wildman–Crippen MR) is 138 cm³/mol. The fourth-order valence-electron chi connectivity index (χ4n) is 4.64. The predicted octanol–water partition coefficient (Wildman–Crippen LogP) is 5.05. The maximum Gasteiger partial charge on any atom is 0.257 e. The number of rotatable bonds is 8. The van der Waals surface area contributed by atoms with Crippen molar-refractivity contribution < 1.29 is 14.3 Å². The molecule has 0 aliphatic heterocycles. The molecule has 1 fully saturated rings. The van der Waals surface area contributed by atoms with Crippen LogP contribution in [0, 0.1) is 11.3 Å². The van der Waals surface area contributed by atoms with E-state index in [9.17, 15) is 10.1 Å². The van der Waals surface area contributed by atoms with Gasteiger partial charge in [0.2, 0.25) is 5.95 Å². The smallest absolute Gasteiger partial charge is 0.257 e. The molecule has 0 radical (unpaired) electrons. The van der Waals surface area contributed by atoms with Crippen molar-refractivity contribution in [1.29, 1.82) is 5.26 Å². The number of carbonyl (C=O) groups is 1. The van der Waals surface area contributed by atoms with Gasteiger partial charge in [-0.25, -0.2) is 9.97 Å². The average Bonchev–Trinajstić information content (AvgIpc) is 2.95. The molecule has 1 aliphatic carbocycles. The maximum atomic E-state index is 13.6. The molecule has 1 N–H and O–H groups in total. The molecule has 36 heavy (non-hydrogen) atoms. The van der Waals surface area contributed by atoms with E-state index in [1.165, 1.54) is 6.42 Å². The van der Waals surface area contributed by atoms with Crippen LogP contribution in [-0.4, -0.2) is 48.1 Å². The highest BCUT2D eigenvalue weighted by molar-refractivity contribution is 5.99. The molecule has 0 saturated heterocycles. The van der Waals surface area contributed by atoms with Crippen molar-refractivity contribution in [2.24, 2.45) is 0 Å². The topological polar surface area (TPSA) is 100 Å². The second-order valence-electron chi connectivity index (χ2n) is 8.85. The quantitative estimate of drug-likeness (QED) is 0.476. The molecule has 4 rings (SSSR count). The molecular formula is C28H31N5O3. The van der Waals surface area contributed by atoms with Gasteiger partial charge in [0.05, 0.1) is 49.2 Å². The summed E-state index contributed by atoms with van der Waals surface area (Å²) in [7, 11) is 5.09. The van der Waals surface area contributed by atoms with Crippen LogP contribution in [0.2, 0.25) is 0 Å². The summed E-state index contributed by atoms with van der Waals surface area (Å²) in [6.45, 7) is 0.370. The normalized spacial score (nSPS) is 13.5. The lowest BCUT2D eigenvalue weighted by molar-refractivity contribution is 0.0696. The number of nitrogens with zero attached hydrogens (tertiary/aromatic N) is 4. The first-order chi connectivity index (χ1) is 17.5. The third-order valence-electron chi connectivity index (χ3n) is 6.70. The van der Waals surface area contributed by atoms with Gasteiger partial charge in [-0.05, 0) is 37.1 Å². The number of anilines is 1. The van der Waals surface area contributed by atoms with E-state index >= 15 is 0 Å². The molecule has 0 atom stereocenters. The number of nitriles is 1. The van der Waals surface area contributed by atoms with Gasteiger partial charge >= 0.3 is 0 Å². The summed E-state index contributed by atoms with van der Waals surface area (Å²) in [5.74, 6) is 1.66. The first-order valence-corrected chi connectivity index (χ1v) is 12.1. The SMILES string of the molecule is COc1cccc(OC)c1CNc1ncc(C(=O)N(C)C2CCCCC2)c(-c2ccc(C#N)cc2)n1. The van der Waals surface area contributed by atoms with Crippen LogP contribution in [0.25, 0.3) is 11.3 Å². The van der Waals surface area contributed by atoms with Gasteiger partial charge in [-0.3, -0.25) is 4.79 Å². The lowest BCUT2D eigenvalue weighted by Crippen LogP contribution is -2.38. The molecule has 2 aromatic carbocycles. The van der Waals surface area contributed by atoms with Crippen LogP contribution in [0.4, 0.5) is 5.95 Å². The van der Waals surface area contributed by atoms with Gasteiger partial charge in [0, 0.05) is 24.8 Å². The van der Waals surface area contributed by atoms with Crippen molar-refractivity contribution in [3.8, 4) is 28.8 Å². The maximum absolute atomic E-state index is 13.6. The van der Waals surface area contributed by atoms with Gasteiger partial charge in [0.15, 0.2) is 0 Å². The minimum Gasteiger partial charge on any atom is -0.496 e. The van der Waals surface area contributed by atoms with Gasteiger partial charge in [0.1, 0.15) is 11.5 Å². The minimum atomic E-state index is -0.0980. The first-order valence-electron chi connectivity index (χ1n) is 12.1. The summed E-state index contributed by atoms with van der Waals surface area (Å²) in [4.78, 5) is 24.6. The second kappa shape index (κ2) is 11.5. The molecule has 8 heteroatoms. The highest BCUT2D eigenvalue weighted by Crippen LogP contribution is 2.30. The molecule has 0 spiro atoms. The van der Waals surface area contributed by atoms with Crippen LogP contribution in [0.1, 0.15) is 53.6 Å². The van der Waals surface area contributed by atoms with E-state index in [1.54, 1.807) is 32.5 Å². The molecule has 1 aliphatic rings. The van der Waals surface area contributed by atoms with Crippen LogP contribution < -0.4 is 14.8 Å². The third-order valence-corrected chi connectivity index (χ3v) is 6.70. The van der Waals surface area contributed by atoms with Crippen LogP contribution >= 0.6 is 0 Å². The standard InChI is InChI=1S/C28H31N5O3/c1-33(21-8-5-4-6-9-21)27(34)23-18-31-28(32-26(23)20-14-12-19(16-29)13-15-20)30-17-22-24(35-2)10-7-11-25(22)36-3/h7,10-15,18,21H,4-6,8-9,17H2,1-3H3,(H,30,31,32). The van der Waals surface area contributed by atoms with E-state index in [1.807, 2.05) is 42.3 Å². The van der Waals surface area contributed by atoms with E-state index in [-0.39, 0.29) is 11.9 Å². The Labute approximate surface area is 211 Å². The van der Waals surface area contributed by atoms with Crippen molar-refractivity contribution in [2.75, 3.05) is 26.6 Å². The largest absolute Gasteiger partial charge is 0.496 e. The zero-order chi connectivity index (χ0) is 25.5. The Kier molecular flexibility index (Phi) is 8.01. The number of hydrogen-bond acceptors (Lipinski definition) is 7. The van der Waals surface area contributed by atoms with E-state index in [0.29, 0.717) is 40.8 Å². The third kappa shape index (κ3) is 5.41. The number of amides is 1. The minimum absolute atomic E-state index is 0.0980. The fraction of sp³-hybridized carbons (Fsp3) is 0.357. The average molecular weight is 486 g/mol. The highest BCUT2D eigenvalue weighted by atomic mass is 16.5. The number of aromatic nitrogens is 2. The fourth-order valence-corrected chi connectivity index (χ4v) is 4.64. The zero-order valence-corrected chi connectivity index (χ0v) is 21.0. The summed E-state index contributed by atoms with van der Waals surface area (Å²) in [6.07, 6.45) is 7.10. The lowest BCUT2D eigenvalue weighted by Gasteiger charge is -2.31. The summed E-state index contributed by atoms with van der Waals surface area (Å²) < 4.78 is 11.0. The van der Waals surface area contributed by atoms with Crippen LogP contribution in [0.5, 0.6) is 11.5 Å². The van der Waals surface area contributed by atoms with Crippen molar-refractivity contribution in [3.05, 3.63) is 65.4 Å². The molecule has 1 aromatic heterocycles. The molecular weight excluding hydrogens is 454 g/mol. The van der Waals surface area contributed by atoms with Gasteiger partial charge in [0.25, 0.3) is 5.91 Å². The van der Waals surface area contributed by atoms with Crippen molar-refractivity contribution in [1.82, 2.24) is 14.9 Å². The van der Waals surface area contributed by atoms with E-state index in [4.69, 9.17) is 14.5 Å². The summed E-state index contributed by atoms with van der Waals surface area (Å²) in [5.41, 5.74) is 3.09.